The van der Waals surface area contributed by atoms with E-state index in [0.29, 0.717) is 5.02 Å². The fourth-order valence-electron chi connectivity index (χ4n) is 1.58. The topological polar surface area (TPSA) is 46.3 Å². The predicted molar refractivity (Wildman–Crippen MR) is 78.6 cm³/mol. The standard InChI is InChI=1S/C13H17ClN2OS/c1-8(12(15)18)13(17)16(3)9(2)10-4-6-11(14)7-5-10/h4-9H,1-3H3,(H2,15,18). The summed E-state index contributed by atoms with van der Waals surface area (Å²) in [6.45, 7) is 3.67. The van der Waals surface area contributed by atoms with Crippen molar-refractivity contribution in [3.63, 3.8) is 0 Å². The molecule has 1 aromatic carbocycles. The number of hydrogen-bond donors (Lipinski definition) is 1. The van der Waals surface area contributed by atoms with Gasteiger partial charge in [0.25, 0.3) is 0 Å². The Hall–Kier alpha value is -1.13. The average Bonchev–Trinajstić information content (AvgIpc) is 2.36. The molecule has 2 atom stereocenters. The molecule has 0 aromatic heterocycles. The highest BCUT2D eigenvalue weighted by molar-refractivity contribution is 7.80. The second-order valence-corrected chi connectivity index (χ2v) is 5.21. The maximum atomic E-state index is 12.1. The van der Waals surface area contributed by atoms with E-state index in [9.17, 15) is 4.79 Å². The van der Waals surface area contributed by atoms with Crippen LogP contribution in [0.3, 0.4) is 0 Å². The Labute approximate surface area is 118 Å². The number of hydrogen-bond acceptors (Lipinski definition) is 2. The summed E-state index contributed by atoms with van der Waals surface area (Å²) in [4.78, 5) is 14.0. The Kier molecular flexibility index (Phi) is 5.11. The average molecular weight is 285 g/mol. The molecule has 0 bridgehead atoms. The summed E-state index contributed by atoms with van der Waals surface area (Å²) >= 11 is 10.7. The largest absolute Gasteiger partial charge is 0.393 e. The van der Waals surface area contributed by atoms with Crippen molar-refractivity contribution in [2.24, 2.45) is 11.7 Å². The summed E-state index contributed by atoms with van der Waals surface area (Å²) in [6.07, 6.45) is 0. The fraction of sp³-hybridized carbons (Fsp3) is 0.385. The van der Waals surface area contributed by atoms with Gasteiger partial charge in [0, 0.05) is 12.1 Å². The van der Waals surface area contributed by atoms with Gasteiger partial charge in [-0.05, 0) is 31.5 Å². The lowest BCUT2D eigenvalue weighted by molar-refractivity contribution is -0.133. The lowest BCUT2D eigenvalue weighted by atomic mass is 10.0. The Balaban J connectivity index is 2.83. The zero-order chi connectivity index (χ0) is 13.9. The van der Waals surface area contributed by atoms with Crippen LogP contribution in [-0.2, 0) is 4.79 Å². The highest BCUT2D eigenvalue weighted by Crippen LogP contribution is 2.22. The van der Waals surface area contributed by atoms with Gasteiger partial charge in [-0.2, -0.15) is 0 Å². The number of carbonyl (C=O) groups excluding carboxylic acids is 1. The van der Waals surface area contributed by atoms with Crippen molar-refractivity contribution >= 4 is 34.7 Å². The Morgan fingerprint density at radius 1 is 1.33 bits per heavy atom. The van der Waals surface area contributed by atoms with E-state index < -0.39 is 5.92 Å². The van der Waals surface area contributed by atoms with Gasteiger partial charge in [-0.15, -0.1) is 0 Å². The minimum absolute atomic E-state index is 0.0495. The molecule has 1 rings (SSSR count). The van der Waals surface area contributed by atoms with Crippen LogP contribution in [0.1, 0.15) is 25.5 Å². The highest BCUT2D eigenvalue weighted by atomic mass is 35.5. The Morgan fingerprint density at radius 2 is 1.83 bits per heavy atom. The predicted octanol–water partition coefficient (Wildman–Crippen LogP) is 2.78. The van der Waals surface area contributed by atoms with Crippen molar-refractivity contribution in [3.8, 4) is 0 Å². The highest BCUT2D eigenvalue weighted by Gasteiger charge is 2.24. The molecule has 0 saturated heterocycles. The van der Waals surface area contributed by atoms with Crippen LogP contribution in [0.2, 0.25) is 5.02 Å². The van der Waals surface area contributed by atoms with Crippen LogP contribution < -0.4 is 5.73 Å². The first-order valence-electron chi connectivity index (χ1n) is 5.66. The van der Waals surface area contributed by atoms with Gasteiger partial charge in [0.2, 0.25) is 5.91 Å². The van der Waals surface area contributed by atoms with Crippen LogP contribution in [0.25, 0.3) is 0 Å². The first-order chi connectivity index (χ1) is 8.34. The van der Waals surface area contributed by atoms with Crippen LogP contribution in [0, 0.1) is 5.92 Å². The van der Waals surface area contributed by atoms with Crippen molar-refractivity contribution in [1.29, 1.82) is 0 Å². The molecule has 98 valence electrons. The van der Waals surface area contributed by atoms with Gasteiger partial charge < -0.3 is 10.6 Å². The molecule has 0 aliphatic rings. The number of thiocarbonyl (C=S) groups is 1. The summed E-state index contributed by atoms with van der Waals surface area (Å²) in [5.41, 5.74) is 6.52. The van der Waals surface area contributed by atoms with Gasteiger partial charge in [0.1, 0.15) is 0 Å². The van der Waals surface area contributed by atoms with Crippen LogP contribution in [0.5, 0.6) is 0 Å². The van der Waals surface area contributed by atoms with Crippen molar-refractivity contribution in [3.05, 3.63) is 34.9 Å². The molecule has 3 nitrogen and oxygen atoms in total. The quantitative estimate of drug-likeness (QED) is 0.865. The van der Waals surface area contributed by atoms with Gasteiger partial charge in [0.15, 0.2) is 0 Å². The summed E-state index contributed by atoms with van der Waals surface area (Å²) in [6, 6.07) is 7.38. The van der Waals surface area contributed by atoms with Crippen molar-refractivity contribution < 1.29 is 4.79 Å². The first-order valence-corrected chi connectivity index (χ1v) is 6.44. The third-order valence-electron chi connectivity index (χ3n) is 3.08. The summed E-state index contributed by atoms with van der Waals surface area (Å²) in [7, 11) is 1.75. The van der Waals surface area contributed by atoms with Gasteiger partial charge in [-0.3, -0.25) is 4.79 Å². The lowest BCUT2D eigenvalue weighted by Crippen LogP contribution is -2.38. The molecule has 0 aliphatic carbocycles. The van der Waals surface area contributed by atoms with E-state index in [1.165, 1.54) is 0 Å². The molecule has 0 radical (unpaired) electrons. The van der Waals surface area contributed by atoms with Gasteiger partial charge in [-0.25, -0.2) is 0 Å². The number of amides is 1. The summed E-state index contributed by atoms with van der Waals surface area (Å²) in [5.74, 6) is -0.523. The van der Waals surface area contributed by atoms with E-state index in [2.05, 4.69) is 0 Å². The van der Waals surface area contributed by atoms with Crippen LogP contribution in [-0.4, -0.2) is 22.8 Å². The lowest BCUT2D eigenvalue weighted by Gasteiger charge is -2.27. The van der Waals surface area contributed by atoms with Crippen LogP contribution >= 0.6 is 23.8 Å². The SMILES string of the molecule is CC(C(=O)N(C)C(C)c1ccc(Cl)cc1)C(N)=S. The van der Waals surface area contributed by atoms with Crippen LogP contribution in [0.4, 0.5) is 0 Å². The molecule has 18 heavy (non-hydrogen) atoms. The van der Waals surface area contributed by atoms with E-state index in [4.69, 9.17) is 29.6 Å². The minimum atomic E-state index is -0.445. The molecular weight excluding hydrogens is 268 g/mol. The molecule has 5 heteroatoms. The molecule has 1 amide bonds. The maximum absolute atomic E-state index is 12.1. The van der Waals surface area contributed by atoms with Gasteiger partial charge >= 0.3 is 0 Å². The zero-order valence-electron chi connectivity index (χ0n) is 10.7. The van der Waals surface area contributed by atoms with Crippen molar-refractivity contribution in [1.82, 2.24) is 4.90 Å². The second kappa shape index (κ2) is 6.16. The molecular formula is C13H17ClN2OS. The number of nitrogens with zero attached hydrogens (tertiary/aromatic N) is 1. The van der Waals surface area contributed by atoms with E-state index in [1.54, 1.807) is 18.9 Å². The number of benzene rings is 1. The van der Waals surface area contributed by atoms with Gasteiger partial charge in [-0.1, -0.05) is 36.0 Å². The van der Waals surface area contributed by atoms with Crippen molar-refractivity contribution in [2.45, 2.75) is 19.9 Å². The molecule has 0 fully saturated rings. The van der Waals surface area contributed by atoms with E-state index >= 15 is 0 Å². The molecule has 2 N–H and O–H groups in total. The second-order valence-electron chi connectivity index (χ2n) is 4.30. The molecule has 0 heterocycles. The zero-order valence-corrected chi connectivity index (χ0v) is 12.3. The van der Waals surface area contributed by atoms with Gasteiger partial charge in [0.05, 0.1) is 16.9 Å². The smallest absolute Gasteiger partial charge is 0.232 e. The molecule has 2 unspecified atom stereocenters. The third-order valence-corrected chi connectivity index (χ3v) is 3.68. The third kappa shape index (κ3) is 3.43. The number of carbonyl (C=O) groups is 1. The van der Waals surface area contributed by atoms with E-state index in [0.717, 1.165) is 5.56 Å². The molecule has 0 aliphatic heterocycles. The summed E-state index contributed by atoms with van der Waals surface area (Å²) < 4.78 is 0. The number of halogens is 1. The van der Waals surface area contributed by atoms with E-state index in [1.807, 2.05) is 31.2 Å². The van der Waals surface area contributed by atoms with Crippen LogP contribution in [0.15, 0.2) is 24.3 Å². The Morgan fingerprint density at radius 3 is 2.28 bits per heavy atom. The van der Waals surface area contributed by atoms with Crippen molar-refractivity contribution in [2.75, 3.05) is 7.05 Å². The number of nitrogens with two attached hydrogens (primary N) is 1. The molecule has 1 aromatic rings. The Bertz CT molecular complexity index is 447. The minimum Gasteiger partial charge on any atom is -0.393 e. The molecule has 0 spiro atoms. The monoisotopic (exact) mass is 284 g/mol. The number of rotatable bonds is 4. The molecule has 0 saturated carbocycles. The van der Waals surface area contributed by atoms with E-state index in [-0.39, 0.29) is 16.9 Å². The fourth-order valence-corrected chi connectivity index (χ4v) is 1.81. The first kappa shape index (κ1) is 14.9. The maximum Gasteiger partial charge on any atom is 0.232 e. The summed E-state index contributed by atoms with van der Waals surface area (Å²) in [5, 5.41) is 0.677. The normalized spacial score (nSPS) is 13.8.